The standard InChI is InChI=1S/C10H19NO5/c1-3-11(5-6-15-4-2)9(12)7-16-8-10(13)14/h3-8H2,1-2H3,(H,13,14). The Morgan fingerprint density at radius 1 is 1.19 bits per heavy atom. The summed E-state index contributed by atoms with van der Waals surface area (Å²) in [4.78, 5) is 23.2. The van der Waals surface area contributed by atoms with Crippen LogP contribution in [0, 0.1) is 0 Å². The average Bonchev–Trinajstić information content (AvgIpc) is 2.23. The molecule has 0 aliphatic heterocycles. The number of carboxylic acid groups (broad SMARTS) is 1. The van der Waals surface area contributed by atoms with Crippen molar-refractivity contribution in [3.63, 3.8) is 0 Å². The number of amides is 1. The van der Waals surface area contributed by atoms with E-state index >= 15 is 0 Å². The van der Waals surface area contributed by atoms with Crippen LogP contribution in [-0.2, 0) is 19.1 Å². The van der Waals surface area contributed by atoms with Gasteiger partial charge in [-0.15, -0.1) is 0 Å². The first-order chi connectivity index (χ1) is 7.61. The third-order valence-electron chi connectivity index (χ3n) is 1.90. The second kappa shape index (κ2) is 9.11. The van der Waals surface area contributed by atoms with E-state index in [-0.39, 0.29) is 12.5 Å². The first-order valence-electron chi connectivity index (χ1n) is 5.26. The lowest BCUT2D eigenvalue weighted by Gasteiger charge is -2.20. The van der Waals surface area contributed by atoms with Crippen LogP contribution in [0.3, 0.4) is 0 Å². The van der Waals surface area contributed by atoms with Gasteiger partial charge < -0.3 is 19.5 Å². The van der Waals surface area contributed by atoms with Crippen molar-refractivity contribution < 1.29 is 24.2 Å². The summed E-state index contributed by atoms with van der Waals surface area (Å²) >= 11 is 0. The van der Waals surface area contributed by atoms with Crippen molar-refractivity contribution in [2.45, 2.75) is 13.8 Å². The minimum atomic E-state index is -1.08. The van der Waals surface area contributed by atoms with Crippen molar-refractivity contribution in [2.24, 2.45) is 0 Å². The Balaban J connectivity index is 3.77. The maximum atomic E-state index is 11.5. The minimum Gasteiger partial charge on any atom is -0.480 e. The van der Waals surface area contributed by atoms with Crippen LogP contribution in [0.2, 0.25) is 0 Å². The molecule has 6 nitrogen and oxygen atoms in total. The lowest BCUT2D eigenvalue weighted by molar-refractivity contribution is -0.146. The van der Waals surface area contributed by atoms with Crippen LogP contribution in [0.5, 0.6) is 0 Å². The summed E-state index contributed by atoms with van der Waals surface area (Å²) in [6, 6.07) is 0. The Bertz CT molecular complexity index is 219. The summed E-state index contributed by atoms with van der Waals surface area (Å²) in [7, 11) is 0. The lowest BCUT2D eigenvalue weighted by atomic mass is 10.4. The summed E-state index contributed by atoms with van der Waals surface area (Å²) in [5.74, 6) is -1.30. The van der Waals surface area contributed by atoms with Crippen molar-refractivity contribution in [3.05, 3.63) is 0 Å². The van der Waals surface area contributed by atoms with Crippen molar-refractivity contribution >= 4 is 11.9 Å². The molecule has 0 atom stereocenters. The number of carbonyl (C=O) groups excluding carboxylic acids is 1. The van der Waals surface area contributed by atoms with Crippen molar-refractivity contribution in [3.8, 4) is 0 Å². The quantitative estimate of drug-likeness (QED) is 0.566. The van der Waals surface area contributed by atoms with E-state index < -0.39 is 12.6 Å². The van der Waals surface area contributed by atoms with Crippen LogP contribution >= 0.6 is 0 Å². The molecule has 0 radical (unpaired) electrons. The predicted molar refractivity (Wildman–Crippen MR) is 57.2 cm³/mol. The molecule has 6 heteroatoms. The molecule has 0 rings (SSSR count). The van der Waals surface area contributed by atoms with Gasteiger partial charge in [-0.25, -0.2) is 4.79 Å². The fraction of sp³-hybridized carbons (Fsp3) is 0.800. The van der Waals surface area contributed by atoms with Gasteiger partial charge in [0.05, 0.1) is 6.61 Å². The summed E-state index contributed by atoms with van der Waals surface area (Å²) in [6.07, 6.45) is 0. The zero-order chi connectivity index (χ0) is 12.4. The number of likely N-dealkylation sites (N-methyl/N-ethyl adjacent to an activating group) is 1. The van der Waals surface area contributed by atoms with Gasteiger partial charge in [0, 0.05) is 19.7 Å². The van der Waals surface area contributed by atoms with Gasteiger partial charge in [0.25, 0.3) is 0 Å². The highest BCUT2D eigenvalue weighted by Crippen LogP contribution is 1.91. The van der Waals surface area contributed by atoms with E-state index in [1.165, 1.54) is 0 Å². The maximum Gasteiger partial charge on any atom is 0.329 e. The van der Waals surface area contributed by atoms with Crippen LogP contribution in [-0.4, -0.2) is 61.4 Å². The first-order valence-corrected chi connectivity index (χ1v) is 5.26. The van der Waals surface area contributed by atoms with Crippen LogP contribution in [0.1, 0.15) is 13.8 Å². The molecule has 0 aromatic rings. The van der Waals surface area contributed by atoms with Gasteiger partial charge in [0.1, 0.15) is 13.2 Å². The molecular weight excluding hydrogens is 214 g/mol. The molecule has 0 aromatic carbocycles. The molecule has 0 aliphatic rings. The summed E-state index contributed by atoms with van der Waals surface area (Å²) in [6.45, 7) is 5.23. The van der Waals surface area contributed by atoms with Crippen LogP contribution in [0.15, 0.2) is 0 Å². The number of hydrogen-bond acceptors (Lipinski definition) is 4. The Morgan fingerprint density at radius 2 is 1.88 bits per heavy atom. The van der Waals surface area contributed by atoms with Gasteiger partial charge in [-0.2, -0.15) is 0 Å². The molecule has 0 spiro atoms. The normalized spacial score (nSPS) is 10.1. The topological polar surface area (TPSA) is 76.1 Å². The number of ether oxygens (including phenoxy) is 2. The highest BCUT2D eigenvalue weighted by Gasteiger charge is 2.11. The Morgan fingerprint density at radius 3 is 2.38 bits per heavy atom. The molecule has 94 valence electrons. The van der Waals surface area contributed by atoms with Crippen molar-refractivity contribution in [1.82, 2.24) is 4.90 Å². The monoisotopic (exact) mass is 233 g/mol. The third-order valence-corrected chi connectivity index (χ3v) is 1.90. The van der Waals surface area contributed by atoms with Gasteiger partial charge in [0.2, 0.25) is 5.91 Å². The zero-order valence-corrected chi connectivity index (χ0v) is 9.77. The maximum absolute atomic E-state index is 11.5. The third kappa shape index (κ3) is 7.19. The van der Waals surface area contributed by atoms with Crippen LogP contribution < -0.4 is 0 Å². The number of aliphatic carboxylic acids is 1. The van der Waals surface area contributed by atoms with E-state index in [4.69, 9.17) is 14.6 Å². The van der Waals surface area contributed by atoms with Crippen LogP contribution in [0.4, 0.5) is 0 Å². The van der Waals surface area contributed by atoms with Crippen molar-refractivity contribution in [2.75, 3.05) is 39.5 Å². The molecule has 0 fully saturated rings. The molecule has 1 amide bonds. The van der Waals surface area contributed by atoms with Gasteiger partial charge in [0.15, 0.2) is 0 Å². The highest BCUT2D eigenvalue weighted by atomic mass is 16.5. The van der Waals surface area contributed by atoms with E-state index in [9.17, 15) is 9.59 Å². The largest absolute Gasteiger partial charge is 0.480 e. The molecule has 0 bridgehead atoms. The number of hydrogen-bond donors (Lipinski definition) is 1. The van der Waals surface area contributed by atoms with Gasteiger partial charge in [-0.3, -0.25) is 4.79 Å². The molecule has 0 heterocycles. The molecule has 0 saturated carbocycles. The van der Waals surface area contributed by atoms with Gasteiger partial charge >= 0.3 is 5.97 Å². The molecule has 0 saturated heterocycles. The molecule has 0 unspecified atom stereocenters. The molecule has 1 N–H and O–H groups in total. The Labute approximate surface area is 95.1 Å². The summed E-state index contributed by atoms with van der Waals surface area (Å²) in [5.41, 5.74) is 0. The summed E-state index contributed by atoms with van der Waals surface area (Å²) in [5, 5.41) is 8.33. The van der Waals surface area contributed by atoms with Crippen molar-refractivity contribution in [1.29, 1.82) is 0 Å². The Kier molecular flexibility index (Phi) is 8.46. The smallest absolute Gasteiger partial charge is 0.329 e. The van der Waals surface area contributed by atoms with E-state index in [0.29, 0.717) is 26.3 Å². The summed E-state index contributed by atoms with van der Waals surface area (Å²) < 4.78 is 9.84. The number of nitrogens with zero attached hydrogens (tertiary/aromatic N) is 1. The second-order valence-electron chi connectivity index (χ2n) is 3.06. The fourth-order valence-corrected chi connectivity index (χ4v) is 1.10. The predicted octanol–water partition coefficient (Wildman–Crippen LogP) is -0.0274. The molecule has 16 heavy (non-hydrogen) atoms. The SMILES string of the molecule is CCOCCN(CC)C(=O)COCC(=O)O. The van der Waals surface area contributed by atoms with Gasteiger partial charge in [-0.05, 0) is 13.8 Å². The molecule has 0 aliphatic carbocycles. The number of carboxylic acids is 1. The van der Waals surface area contributed by atoms with E-state index in [2.05, 4.69) is 0 Å². The second-order valence-corrected chi connectivity index (χ2v) is 3.06. The minimum absolute atomic E-state index is 0.202. The lowest BCUT2D eigenvalue weighted by Crippen LogP contribution is -2.36. The van der Waals surface area contributed by atoms with E-state index in [1.807, 2.05) is 13.8 Å². The van der Waals surface area contributed by atoms with Gasteiger partial charge in [-0.1, -0.05) is 0 Å². The van der Waals surface area contributed by atoms with E-state index in [1.54, 1.807) is 4.90 Å². The first kappa shape index (κ1) is 14.9. The zero-order valence-electron chi connectivity index (χ0n) is 9.77. The Hall–Kier alpha value is -1.14. The highest BCUT2D eigenvalue weighted by molar-refractivity contribution is 5.77. The number of carbonyl (C=O) groups is 2. The fourth-order valence-electron chi connectivity index (χ4n) is 1.10. The molecular formula is C10H19NO5. The van der Waals surface area contributed by atoms with E-state index in [0.717, 1.165) is 0 Å². The number of rotatable bonds is 9. The average molecular weight is 233 g/mol. The molecule has 0 aromatic heterocycles. The van der Waals surface area contributed by atoms with Crippen LogP contribution in [0.25, 0.3) is 0 Å².